The highest BCUT2D eigenvalue weighted by Gasteiger charge is 2.48. The molecule has 3 rings (SSSR count). The van der Waals surface area contributed by atoms with E-state index >= 15 is 0 Å². The van der Waals surface area contributed by atoms with Crippen LogP contribution in [0.15, 0.2) is 24.7 Å². The summed E-state index contributed by atoms with van der Waals surface area (Å²) in [6, 6.07) is 1.81. The fraction of sp³-hybridized carbons (Fsp3) is 0.500. The fourth-order valence-corrected chi connectivity index (χ4v) is 3.28. The molecule has 0 unspecified atom stereocenters. The van der Waals surface area contributed by atoms with Crippen molar-refractivity contribution in [2.45, 2.75) is 40.2 Å². The van der Waals surface area contributed by atoms with Crippen molar-refractivity contribution in [3.05, 3.63) is 30.4 Å². The second-order valence-electron chi connectivity index (χ2n) is 6.68. The summed E-state index contributed by atoms with van der Waals surface area (Å²) in [5.74, 6) is 0.747. The van der Waals surface area contributed by atoms with Gasteiger partial charge in [-0.15, -0.1) is 0 Å². The van der Waals surface area contributed by atoms with E-state index in [4.69, 9.17) is 0 Å². The van der Waals surface area contributed by atoms with E-state index in [0.717, 1.165) is 6.42 Å². The van der Waals surface area contributed by atoms with Crippen molar-refractivity contribution < 1.29 is 9.59 Å². The van der Waals surface area contributed by atoms with Crippen LogP contribution >= 0.6 is 0 Å². The summed E-state index contributed by atoms with van der Waals surface area (Å²) in [5.41, 5.74) is 0.0945. The van der Waals surface area contributed by atoms with E-state index in [1.807, 2.05) is 19.2 Å². The molecule has 1 atom stereocenters. The Balaban J connectivity index is 1.83. The van der Waals surface area contributed by atoms with Crippen LogP contribution in [0.2, 0.25) is 0 Å². The number of carbonyl (C=O) groups excluding carboxylic acids is 2. The topological polar surface area (TPSA) is 67.6 Å². The first kappa shape index (κ1) is 14.7. The molecular weight excluding hydrogens is 280 g/mol. The minimum Gasteiger partial charge on any atom is -0.291 e. The second kappa shape index (κ2) is 5.19. The lowest BCUT2D eigenvalue weighted by Gasteiger charge is -2.23. The molecule has 1 aliphatic heterocycles. The maximum atomic E-state index is 12.6. The van der Waals surface area contributed by atoms with E-state index in [1.54, 1.807) is 16.8 Å². The van der Waals surface area contributed by atoms with Crippen LogP contribution in [0.5, 0.6) is 0 Å². The molecule has 2 aromatic rings. The molecule has 0 bridgehead atoms. The third-order valence-corrected chi connectivity index (χ3v) is 4.07. The molecule has 0 aliphatic carbocycles. The lowest BCUT2D eigenvalue weighted by atomic mass is 9.80. The van der Waals surface area contributed by atoms with Gasteiger partial charge in [-0.05, 0) is 18.4 Å². The molecule has 0 saturated carbocycles. The van der Waals surface area contributed by atoms with Crippen molar-refractivity contribution in [3.63, 3.8) is 0 Å². The van der Waals surface area contributed by atoms with Gasteiger partial charge in [0.25, 0.3) is 0 Å². The number of rotatable bonds is 4. The highest BCUT2D eigenvalue weighted by Crippen LogP contribution is 2.38. The summed E-state index contributed by atoms with van der Waals surface area (Å²) in [6.45, 7) is 6.24. The molecule has 0 radical (unpaired) electrons. The van der Waals surface area contributed by atoms with Crippen LogP contribution < -0.4 is 0 Å². The van der Waals surface area contributed by atoms with Gasteiger partial charge in [0.1, 0.15) is 0 Å². The highest BCUT2D eigenvalue weighted by molar-refractivity contribution is 6.05. The van der Waals surface area contributed by atoms with Crippen LogP contribution in [-0.2, 0) is 16.1 Å². The minimum atomic E-state index is -0.581. The molecule has 6 nitrogen and oxygen atoms in total. The Morgan fingerprint density at radius 1 is 1.36 bits per heavy atom. The third-order valence-electron chi connectivity index (χ3n) is 4.07. The number of imide groups is 1. The Hall–Kier alpha value is -2.24. The van der Waals surface area contributed by atoms with Gasteiger partial charge in [-0.2, -0.15) is 0 Å². The first-order valence-corrected chi connectivity index (χ1v) is 7.52. The summed E-state index contributed by atoms with van der Waals surface area (Å²) in [5, 5.41) is 0. The molecule has 1 fully saturated rings. The van der Waals surface area contributed by atoms with Crippen LogP contribution in [0.4, 0.5) is 0 Å². The van der Waals surface area contributed by atoms with Gasteiger partial charge in [0.2, 0.25) is 17.6 Å². The van der Waals surface area contributed by atoms with Gasteiger partial charge in [0.05, 0.1) is 17.7 Å². The van der Waals surface area contributed by atoms with Gasteiger partial charge in [0, 0.05) is 25.0 Å². The van der Waals surface area contributed by atoms with E-state index in [0.29, 0.717) is 17.4 Å². The summed E-state index contributed by atoms with van der Waals surface area (Å²) < 4.78 is 1.79. The Morgan fingerprint density at radius 2 is 2.14 bits per heavy atom. The fourth-order valence-electron chi connectivity index (χ4n) is 3.28. The second-order valence-corrected chi connectivity index (χ2v) is 6.68. The predicted octanol–water partition coefficient (Wildman–Crippen LogP) is 2.04. The maximum Gasteiger partial charge on any atom is 0.236 e. The lowest BCUT2D eigenvalue weighted by molar-refractivity contribution is -0.142. The van der Waals surface area contributed by atoms with Crippen LogP contribution in [0.25, 0.3) is 5.78 Å². The average molecular weight is 300 g/mol. The Labute approximate surface area is 129 Å². The van der Waals surface area contributed by atoms with Crippen LogP contribution in [0.1, 0.15) is 39.3 Å². The van der Waals surface area contributed by atoms with E-state index in [1.165, 1.54) is 4.90 Å². The standard InChI is InChI=1S/C16H20N4O2/c1-11(2)7-16(3)8-13(21)20(14(16)22)10-12-9-19-6-4-5-17-15(19)18-12/h4-6,9,11H,7-8,10H2,1-3H3/t16-/m0/s1. The van der Waals surface area contributed by atoms with E-state index in [-0.39, 0.29) is 24.8 Å². The SMILES string of the molecule is CC(C)C[C@@]1(C)CC(=O)N(Cc2cn3cccnc3n2)C1=O. The van der Waals surface area contributed by atoms with Crippen molar-refractivity contribution in [3.8, 4) is 0 Å². The van der Waals surface area contributed by atoms with Crippen molar-refractivity contribution >= 4 is 17.6 Å². The van der Waals surface area contributed by atoms with Gasteiger partial charge in [0.15, 0.2) is 0 Å². The number of carbonyl (C=O) groups is 2. The number of amides is 2. The highest BCUT2D eigenvalue weighted by atomic mass is 16.2. The smallest absolute Gasteiger partial charge is 0.236 e. The Morgan fingerprint density at radius 3 is 2.82 bits per heavy atom. The largest absolute Gasteiger partial charge is 0.291 e. The van der Waals surface area contributed by atoms with E-state index in [2.05, 4.69) is 23.8 Å². The average Bonchev–Trinajstić information content (AvgIpc) is 2.92. The molecule has 0 N–H and O–H groups in total. The monoisotopic (exact) mass is 300 g/mol. The van der Waals surface area contributed by atoms with Gasteiger partial charge in [-0.25, -0.2) is 9.97 Å². The molecule has 6 heteroatoms. The molecular formula is C16H20N4O2. The number of aromatic nitrogens is 3. The molecule has 2 aromatic heterocycles. The van der Waals surface area contributed by atoms with Crippen molar-refractivity contribution in [2.24, 2.45) is 11.3 Å². The number of imidazole rings is 1. The number of likely N-dealkylation sites (tertiary alicyclic amines) is 1. The van der Waals surface area contributed by atoms with E-state index < -0.39 is 5.41 Å². The number of hydrogen-bond donors (Lipinski definition) is 0. The third kappa shape index (κ3) is 2.49. The summed E-state index contributed by atoms with van der Waals surface area (Å²) in [4.78, 5) is 34.7. The van der Waals surface area contributed by atoms with Gasteiger partial charge in [-0.1, -0.05) is 20.8 Å². The zero-order chi connectivity index (χ0) is 15.9. The normalized spacial score (nSPS) is 22.3. The van der Waals surface area contributed by atoms with Gasteiger partial charge in [-0.3, -0.25) is 18.9 Å². The molecule has 2 amide bonds. The van der Waals surface area contributed by atoms with Crippen molar-refractivity contribution in [2.75, 3.05) is 0 Å². The van der Waals surface area contributed by atoms with Gasteiger partial charge < -0.3 is 0 Å². The minimum absolute atomic E-state index is 0.0868. The molecule has 1 saturated heterocycles. The van der Waals surface area contributed by atoms with E-state index in [9.17, 15) is 9.59 Å². The van der Waals surface area contributed by atoms with Crippen molar-refractivity contribution in [1.82, 2.24) is 19.3 Å². The molecule has 0 spiro atoms. The molecule has 0 aromatic carbocycles. The lowest BCUT2D eigenvalue weighted by Crippen LogP contribution is -2.34. The zero-order valence-corrected chi connectivity index (χ0v) is 13.1. The molecule has 3 heterocycles. The van der Waals surface area contributed by atoms with Crippen LogP contribution in [-0.4, -0.2) is 31.1 Å². The molecule has 1 aliphatic rings. The number of fused-ring (bicyclic) bond motifs is 1. The van der Waals surface area contributed by atoms with Crippen LogP contribution in [0, 0.1) is 11.3 Å². The molecule has 22 heavy (non-hydrogen) atoms. The maximum absolute atomic E-state index is 12.6. The number of nitrogens with zero attached hydrogens (tertiary/aromatic N) is 4. The summed E-state index contributed by atoms with van der Waals surface area (Å²) >= 11 is 0. The summed E-state index contributed by atoms with van der Waals surface area (Å²) in [6.07, 6.45) is 6.32. The first-order valence-electron chi connectivity index (χ1n) is 7.52. The van der Waals surface area contributed by atoms with Crippen LogP contribution in [0.3, 0.4) is 0 Å². The zero-order valence-electron chi connectivity index (χ0n) is 13.1. The number of hydrogen-bond acceptors (Lipinski definition) is 4. The Bertz CT molecular complexity index is 704. The van der Waals surface area contributed by atoms with Gasteiger partial charge >= 0.3 is 0 Å². The first-order chi connectivity index (χ1) is 10.4. The molecule has 116 valence electrons. The van der Waals surface area contributed by atoms with Crippen molar-refractivity contribution in [1.29, 1.82) is 0 Å². The predicted molar refractivity (Wildman–Crippen MR) is 80.7 cm³/mol. The summed E-state index contributed by atoms with van der Waals surface area (Å²) in [7, 11) is 0. The Kier molecular flexibility index (Phi) is 3.47. The quantitative estimate of drug-likeness (QED) is 0.810.